The molecule has 0 aliphatic heterocycles. The fourth-order valence-electron chi connectivity index (χ4n) is 6.46. The summed E-state index contributed by atoms with van der Waals surface area (Å²) in [5, 5.41) is 8.74. The quantitative estimate of drug-likeness (QED) is 0.0774. The third-order valence-corrected chi connectivity index (χ3v) is 9.44. The van der Waals surface area contributed by atoms with Gasteiger partial charge in [0.25, 0.3) is 0 Å². The van der Waals surface area contributed by atoms with Gasteiger partial charge in [0, 0.05) is 6.42 Å². The molecule has 0 spiro atoms. The first kappa shape index (κ1) is 37.9. The van der Waals surface area contributed by atoms with E-state index in [2.05, 4.69) is 41.5 Å². The van der Waals surface area contributed by atoms with Crippen LogP contribution in [0.3, 0.4) is 0 Å². The first-order chi connectivity index (χ1) is 18.8. The van der Waals surface area contributed by atoms with Gasteiger partial charge in [-0.05, 0) is 49.9 Å². The molecule has 0 bridgehead atoms. The number of rotatable bonds is 28. The average Bonchev–Trinajstić information content (AvgIpc) is 2.94. The maximum atomic E-state index is 14.0. The number of carboxylic acids is 1. The lowest BCUT2D eigenvalue weighted by molar-refractivity contribution is -0.164. The smallest absolute Gasteiger partial charge is 0.312 e. The van der Waals surface area contributed by atoms with Crippen LogP contribution in [0.15, 0.2) is 0 Å². The van der Waals surface area contributed by atoms with Gasteiger partial charge in [-0.25, -0.2) is 0 Å². The number of esters is 1. The van der Waals surface area contributed by atoms with E-state index in [9.17, 15) is 9.59 Å². The van der Waals surface area contributed by atoms with Crippen LogP contribution in [0, 0.1) is 23.2 Å². The fourth-order valence-corrected chi connectivity index (χ4v) is 6.46. The summed E-state index contributed by atoms with van der Waals surface area (Å²) in [5.41, 5.74) is -0.345. The summed E-state index contributed by atoms with van der Waals surface area (Å²) in [6.07, 6.45) is 24.3. The SMILES string of the molecule is CCCCC(CC)COC(=O)C(CC)(CC(CC)CCCC)C(CC)CCCCCCCCCCCC(=O)O. The summed E-state index contributed by atoms with van der Waals surface area (Å²) < 4.78 is 6.22. The number of ether oxygens (including phenoxy) is 1. The van der Waals surface area contributed by atoms with Crippen LogP contribution in [0.1, 0.15) is 183 Å². The van der Waals surface area contributed by atoms with E-state index in [1.807, 2.05) is 0 Å². The Morgan fingerprint density at radius 2 is 1.15 bits per heavy atom. The average molecular weight is 553 g/mol. The zero-order valence-corrected chi connectivity index (χ0v) is 27.2. The second kappa shape index (κ2) is 24.7. The van der Waals surface area contributed by atoms with Crippen LogP contribution in [-0.2, 0) is 14.3 Å². The molecule has 0 aliphatic carbocycles. The Bertz CT molecular complexity index is 589. The predicted octanol–water partition coefficient (Wildman–Crippen LogP) is 11.2. The zero-order chi connectivity index (χ0) is 29.4. The summed E-state index contributed by atoms with van der Waals surface area (Å²) in [5.74, 6) is 0.913. The summed E-state index contributed by atoms with van der Waals surface area (Å²) in [6.45, 7) is 14.2. The van der Waals surface area contributed by atoms with E-state index in [0.717, 1.165) is 64.2 Å². The Morgan fingerprint density at radius 1 is 0.641 bits per heavy atom. The molecule has 232 valence electrons. The van der Waals surface area contributed by atoms with Gasteiger partial charge in [-0.15, -0.1) is 0 Å². The normalized spacial score (nSPS) is 15.4. The molecule has 4 heteroatoms. The molecule has 4 atom stereocenters. The van der Waals surface area contributed by atoms with Gasteiger partial charge in [0.05, 0.1) is 12.0 Å². The predicted molar refractivity (Wildman–Crippen MR) is 167 cm³/mol. The molecule has 0 aromatic carbocycles. The van der Waals surface area contributed by atoms with Crippen molar-refractivity contribution in [2.45, 2.75) is 183 Å². The van der Waals surface area contributed by atoms with E-state index < -0.39 is 5.97 Å². The molecule has 0 aromatic rings. The monoisotopic (exact) mass is 553 g/mol. The van der Waals surface area contributed by atoms with Gasteiger partial charge in [0.2, 0.25) is 0 Å². The fraction of sp³-hybridized carbons (Fsp3) is 0.943. The summed E-state index contributed by atoms with van der Waals surface area (Å²) in [4.78, 5) is 24.6. The first-order valence-corrected chi connectivity index (χ1v) is 17.2. The molecule has 0 rings (SSSR count). The standard InChI is InChI=1S/C35H68O4/c1-7-13-24-30(9-3)28-35(12-6,34(38)39-29-31(10-4)25-14-8-2)32(11-5)26-22-20-18-16-15-17-19-21-23-27-33(36)37/h30-32H,7-29H2,1-6H3,(H,36,37). The highest BCUT2D eigenvalue weighted by Crippen LogP contribution is 2.45. The van der Waals surface area contributed by atoms with Gasteiger partial charge in [-0.1, -0.05) is 144 Å². The molecule has 0 saturated carbocycles. The number of carbonyl (C=O) groups is 2. The van der Waals surface area contributed by atoms with Crippen LogP contribution < -0.4 is 0 Å². The second-order valence-electron chi connectivity index (χ2n) is 12.4. The molecule has 0 radical (unpaired) electrons. The lowest BCUT2D eigenvalue weighted by atomic mass is 9.64. The molecule has 1 N–H and O–H groups in total. The number of aliphatic carboxylic acids is 1. The van der Waals surface area contributed by atoms with Crippen LogP contribution in [0.5, 0.6) is 0 Å². The number of hydrogen-bond acceptors (Lipinski definition) is 3. The molecule has 4 unspecified atom stereocenters. The Balaban J connectivity index is 5.07. The Kier molecular flexibility index (Phi) is 24.0. The van der Waals surface area contributed by atoms with Crippen molar-refractivity contribution in [2.75, 3.05) is 6.61 Å². The number of hydrogen-bond donors (Lipinski definition) is 1. The van der Waals surface area contributed by atoms with Crippen molar-refractivity contribution in [3.05, 3.63) is 0 Å². The van der Waals surface area contributed by atoms with Crippen molar-refractivity contribution in [1.29, 1.82) is 0 Å². The van der Waals surface area contributed by atoms with Gasteiger partial charge in [-0.2, -0.15) is 0 Å². The van der Waals surface area contributed by atoms with Crippen LogP contribution in [0.4, 0.5) is 0 Å². The van der Waals surface area contributed by atoms with Crippen molar-refractivity contribution >= 4 is 11.9 Å². The summed E-state index contributed by atoms with van der Waals surface area (Å²) in [6, 6.07) is 0. The Labute approximate surface area is 243 Å². The molecule has 0 aliphatic rings. The van der Waals surface area contributed by atoms with Gasteiger partial charge in [0.1, 0.15) is 0 Å². The third-order valence-electron chi connectivity index (χ3n) is 9.44. The molecular formula is C35H68O4. The lowest BCUT2D eigenvalue weighted by Crippen LogP contribution is -2.42. The topological polar surface area (TPSA) is 63.6 Å². The number of unbranched alkanes of at least 4 members (excludes halogenated alkanes) is 10. The molecule has 0 saturated heterocycles. The van der Waals surface area contributed by atoms with Gasteiger partial charge < -0.3 is 9.84 Å². The van der Waals surface area contributed by atoms with Crippen LogP contribution in [0.2, 0.25) is 0 Å². The van der Waals surface area contributed by atoms with Crippen molar-refractivity contribution in [3.63, 3.8) is 0 Å². The van der Waals surface area contributed by atoms with E-state index in [0.29, 0.717) is 30.8 Å². The van der Waals surface area contributed by atoms with Gasteiger partial charge in [-0.3, -0.25) is 9.59 Å². The second-order valence-corrected chi connectivity index (χ2v) is 12.4. The number of carbonyl (C=O) groups excluding carboxylic acids is 1. The minimum atomic E-state index is -0.677. The van der Waals surface area contributed by atoms with E-state index in [1.165, 1.54) is 70.6 Å². The maximum Gasteiger partial charge on any atom is 0.312 e. The van der Waals surface area contributed by atoms with E-state index in [-0.39, 0.29) is 11.4 Å². The minimum absolute atomic E-state index is 0.102. The molecular weight excluding hydrogens is 484 g/mol. The highest BCUT2D eigenvalue weighted by molar-refractivity contribution is 5.77. The van der Waals surface area contributed by atoms with Crippen molar-refractivity contribution in [1.82, 2.24) is 0 Å². The van der Waals surface area contributed by atoms with Crippen molar-refractivity contribution < 1.29 is 19.4 Å². The highest BCUT2D eigenvalue weighted by atomic mass is 16.5. The summed E-state index contributed by atoms with van der Waals surface area (Å²) in [7, 11) is 0. The Morgan fingerprint density at radius 3 is 1.62 bits per heavy atom. The maximum absolute atomic E-state index is 14.0. The van der Waals surface area contributed by atoms with E-state index in [1.54, 1.807) is 0 Å². The zero-order valence-electron chi connectivity index (χ0n) is 27.2. The Hall–Kier alpha value is -1.06. The molecule has 0 heterocycles. The van der Waals surface area contributed by atoms with E-state index in [4.69, 9.17) is 9.84 Å². The third kappa shape index (κ3) is 16.7. The molecule has 4 nitrogen and oxygen atoms in total. The minimum Gasteiger partial charge on any atom is -0.481 e. The first-order valence-electron chi connectivity index (χ1n) is 17.2. The lowest BCUT2D eigenvalue weighted by Gasteiger charge is -2.40. The van der Waals surface area contributed by atoms with Crippen molar-refractivity contribution in [2.24, 2.45) is 23.2 Å². The van der Waals surface area contributed by atoms with Crippen LogP contribution >= 0.6 is 0 Å². The van der Waals surface area contributed by atoms with Gasteiger partial charge in [0.15, 0.2) is 0 Å². The van der Waals surface area contributed by atoms with Gasteiger partial charge >= 0.3 is 11.9 Å². The number of carboxylic acid groups (broad SMARTS) is 1. The van der Waals surface area contributed by atoms with Crippen molar-refractivity contribution in [3.8, 4) is 0 Å². The molecule has 0 aromatic heterocycles. The van der Waals surface area contributed by atoms with Crippen LogP contribution in [-0.4, -0.2) is 23.7 Å². The molecule has 39 heavy (non-hydrogen) atoms. The molecule has 0 fully saturated rings. The summed E-state index contributed by atoms with van der Waals surface area (Å²) >= 11 is 0. The van der Waals surface area contributed by atoms with E-state index >= 15 is 0 Å². The highest BCUT2D eigenvalue weighted by Gasteiger charge is 2.45. The van der Waals surface area contributed by atoms with Crippen LogP contribution in [0.25, 0.3) is 0 Å². The molecule has 0 amide bonds. The largest absolute Gasteiger partial charge is 0.481 e.